The fourth-order valence-electron chi connectivity index (χ4n) is 4.53. The van der Waals surface area contributed by atoms with Crippen molar-refractivity contribution in [3.8, 4) is 0 Å². The summed E-state index contributed by atoms with van der Waals surface area (Å²) in [7, 11) is -13.3. The normalized spacial score (nSPS) is 12.9. The Morgan fingerprint density at radius 3 is 1.08 bits per heavy atom. The van der Waals surface area contributed by atoms with E-state index in [-0.39, 0.29) is 0 Å². The van der Waals surface area contributed by atoms with Crippen molar-refractivity contribution in [1.82, 2.24) is 0 Å². The molecule has 0 unspecified atom stereocenters. The van der Waals surface area contributed by atoms with Crippen molar-refractivity contribution in [2.24, 2.45) is 0 Å². The second kappa shape index (κ2) is 11.1. The molecule has 0 aliphatic carbocycles. The summed E-state index contributed by atoms with van der Waals surface area (Å²) in [5, 5.41) is 3.18. The monoisotopic (exact) mass is 562 g/mol. The number of rotatable bonds is 10. The van der Waals surface area contributed by atoms with Gasteiger partial charge in [0, 0.05) is 0 Å². The van der Waals surface area contributed by atoms with E-state index in [4.69, 9.17) is 12.3 Å². The average molecular weight is 563 g/mol. The molecule has 0 bridgehead atoms. The molecule has 4 aromatic rings. The highest BCUT2D eigenvalue weighted by Crippen LogP contribution is 2.24. The smallest absolute Gasteiger partial charge is 0.396 e. The van der Waals surface area contributed by atoms with E-state index < -0.39 is 34.2 Å². The van der Waals surface area contributed by atoms with Crippen LogP contribution in [0.15, 0.2) is 121 Å². The summed E-state index contributed by atoms with van der Waals surface area (Å²) in [4.78, 5) is 23.3. The Labute approximate surface area is 224 Å². The molecule has 0 radical (unpaired) electrons. The van der Waals surface area contributed by atoms with Crippen LogP contribution >= 0.6 is 0 Å². The van der Waals surface area contributed by atoms with E-state index in [1.165, 1.54) is 0 Å². The Morgan fingerprint density at radius 2 is 0.757 bits per heavy atom. The van der Waals surface area contributed by atoms with Crippen molar-refractivity contribution < 1.29 is 21.9 Å². The molecule has 0 spiro atoms. The largest absolute Gasteiger partial charge is 0.415 e. The Morgan fingerprint density at radius 1 is 0.432 bits per heavy atom. The summed E-state index contributed by atoms with van der Waals surface area (Å²) < 4.78 is 20.6. The van der Waals surface area contributed by atoms with Gasteiger partial charge < -0.3 is 21.9 Å². The highest BCUT2D eigenvalue weighted by Gasteiger charge is 2.56. The van der Waals surface area contributed by atoms with E-state index in [1.807, 2.05) is 134 Å². The highest BCUT2D eigenvalue weighted by molar-refractivity contribution is 7.06. The van der Waals surface area contributed by atoms with E-state index in [0.29, 0.717) is 0 Å². The van der Waals surface area contributed by atoms with Crippen molar-refractivity contribution in [3.05, 3.63) is 121 Å². The van der Waals surface area contributed by atoms with Crippen LogP contribution in [-0.4, -0.2) is 43.8 Å². The van der Waals surface area contributed by atoms with E-state index >= 15 is 0 Å². The Balaban J connectivity index is 1.99. The maximum Gasteiger partial charge on any atom is 0.396 e. The third-order valence-corrected chi connectivity index (χ3v) is 19.6. The van der Waals surface area contributed by atoms with Crippen LogP contribution in [0.2, 0.25) is 26.2 Å². The van der Waals surface area contributed by atoms with Gasteiger partial charge in [0.1, 0.15) is 0 Å². The third-order valence-electron chi connectivity index (χ3n) is 5.81. The topological polar surface area (TPSA) is 68.2 Å². The predicted octanol–water partition coefficient (Wildman–Crippen LogP) is 2.94. The maximum absolute atomic E-state index is 12.6. The number of hydrogen-bond acceptors (Lipinski definition) is 5. The van der Waals surface area contributed by atoms with Gasteiger partial charge in [-0.3, -0.25) is 0 Å². The minimum Gasteiger partial charge on any atom is -0.415 e. The molecular weight excluding hydrogens is 529 g/mol. The molecule has 9 heteroatoms. The van der Waals surface area contributed by atoms with Crippen LogP contribution in [0, 0.1) is 0 Å². The third kappa shape index (κ3) is 6.52. The fraction of sp³-hybridized carbons (Fsp3) is 0.143. The van der Waals surface area contributed by atoms with Gasteiger partial charge in [-0.2, -0.15) is 0 Å². The first-order chi connectivity index (χ1) is 17.5. The van der Waals surface area contributed by atoms with Gasteiger partial charge in [-0.1, -0.05) is 121 Å². The molecule has 5 nitrogen and oxygen atoms in total. The molecule has 2 N–H and O–H groups in total. The molecule has 0 aliphatic rings. The molecule has 4 rings (SSSR count). The van der Waals surface area contributed by atoms with Gasteiger partial charge >= 0.3 is 34.2 Å². The lowest BCUT2D eigenvalue weighted by molar-refractivity contribution is 0.291. The molecule has 4 aromatic carbocycles. The summed E-state index contributed by atoms with van der Waals surface area (Å²) in [6.07, 6.45) is 0. The standard InChI is InChI=1S/C28H34O5Si4/c1-34(2,29)31-35(3,4)32-37(27-21-13-7-14-22-27,28-23-15-8-16-24-28)33-36(30,25-17-9-5-10-18-25)26-19-11-6-12-20-26/h5-24,29-30H,1-4H3. The molecule has 0 fully saturated rings. The summed E-state index contributed by atoms with van der Waals surface area (Å²) >= 11 is 0. The van der Waals surface area contributed by atoms with Crippen LogP contribution in [0.25, 0.3) is 0 Å². The van der Waals surface area contributed by atoms with Gasteiger partial charge in [0.2, 0.25) is 0 Å². The van der Waals surface area contributed by atoms with Gasteiger partial charge in [-0.05, 0) is 46.9 Å². The van der Waals surface area contributed by atoms with Crippen molar-refractivity contribution in [2.75, 3.05) is 0 Å². The van der Waals surface area contributed by atoms with Crippen molar-refractivity contribution in [1.29, 1.82) is 0 Å². The average Bonchev–Trinajstić information content (AvgIpc) is 2.89. The van der Waals surface area contributed by atoms with Crippen LogP contribution in [0.3, 0.4) is 0 Å². The first kappa shape index (κ1) is 27.6. The Bertz CT molecular complexity index is 1190. The van der Waals surface area contributed by atoms with Gasteiger partial charge in [0.15, 0.2) is 0 Å². The number of benzene rings is 4. The first-order valence-electron chi connectivity index (χ1n) is 12.3. The second-order valence-electron chi connectivity index (χ2n) is 9.88. The van der Waals surface area contributed by atoms with Crippen LogP contribution in [0.1, 0.15) is 0 Å². The Hall–Kier alpha value is -2.45. The van der Waals surface area contributed by atoms with E-state index in [0.717, 1.165) is 20.7 Å². The Kier molecular flexibility index (Phi) is 8.28. The lowest BCUT2D eigenvalue weighted by atomic mass is 10.4. The summed E-state index contributed by atoms with van der Waals surface area (Å²) in [6.45, 7) is 7.33. The lowest BCUT2D eigenvalue weighted by Crippen LogP contribution is -2.76. The molecule has 37 heavy (non-hydrogen) atoms. The zero-order valence-corrected chi connectivity index (χ0v) is 25.7. The minimum atomic E-state index is -3.81. The summed E-state index contributed by atoms with van der Waals surface area (Å²) in [6, 6.07) is 38.9. The van der Waals surface area contributed by atoms with E-state index in [1.54, 1.807) is 13.1 Å². The molecule has 0 aromatic heterocycles. The molecule has 192 valence electrons. The SMILES string of the molecule is C[Si](C)(O)O[Si](C)(C)O[Si](O[Si](O)(c1ccccc1)c1ccccc1)(c1ccccc1)c1ccccc1. The van der Waals surface area contributed by atoms with Gasteiger partial charge in [-0.15, -0.1) is 0 Å². The second-order valence-corrected chi connectivity index (χ2v) is 22.9. The zero-order chi connectivity index (χ0) is 26.6. The van der Waals surface area contributed by atoms with Crippen LogP contribution in [0.4, 0.5) is 0 Å². The van der Waals surface area contributed by atoms with Crippen LogP contribution in [0.5, 0.6) is 0 Å². The van der Waals surface area contributed by atoms with Gasteiger partial charge in [0.05, 0.1) is 0 Å². The zero-order valence-electron chi connectivity index (χ0n) is 21.7. The van der Waals surface area contributed by atoms with Crippen molar-refractivity contribution in [3.63, 3.8) is 0 Å². The van der Waals surface area contributed by atoms with Crippen molar-refractivity contribution in [2.45, 2.75) is 26.2 Å². The molecule has 0 saturated carbocycles. The quantitative estimate of drug-likeness (QED) is 0.291. The molecule has 0 saturated heterocycles. The minimum absolute atomic E-state index is 0.728. The van der Waals surface area contributed by atoms with Gasteiger partial charge in [-0.25, -0.2) is 0 Å². The van der Waals surface area contributed by atoms with E-state index in [9.17, 15) is 9.59 Å². The molecular formula is C28H34O5Si4. The first-order valence-corrected chi connectivity index (χ1v) is 21.7. The van der Waals surface area contributed by atoms with Crippen LogP contribution in [-0.2, 0) is 12.3 Å². The summed E-state index contributed by atoms with van der Waals surface area (Å²) in [5.74, 6) is 0. The predicted molar refractivity (Wildman–Crippen MR) is 158 cm³/mol. The molecule has 0 aliphatic heterocycles. The molecule has 0 amide bonds. The van der Waals surface area contributed by atoms with Crippen LogP contribution < -0.4 is 20.7 Å². The highest BCUT2D eigenvalue weighted by atomic mass is 28.5. The lowest BCUT2D eigenvalue weighted by Gasteiger charge is -2.43. The maximum atomic E-state index is 12.6. The fourth-order valence-corrected chi connectivity index (χ4v) is 20.9. The molecule has 0 heterocycles. The summed E-state index contributed by atoms with van der Waals surface area (Å²) in [5.41, 5.74) is 0. The molecule has 0 atom stereocenters. The van der Waals surface area contributed by atoms with E-state index in [2.05, 4.69) is 0 Å². The van der Waals surface area contributed by atoms with Crippen molar-refractivity contribution >= 4 is 55.0 Å². The number of hydrogen-bond donors (Lipinski definition) is 2. The van der Waals surface area contributed by atoms with Gasteiger partial charge in [0.25, 0.3) is 0 Å².